The number of benzene rings is 1. The zero-order chi connectivity index (χ0) is 20.1. The lowest BCUT2D eigenvalue weighted by Gasteiger charge is -2.08. The lowest BCUT2D eigenvalue weighted by molar-refractivity contribution is 0.0947. The Kier molecular flexibility index (Phi) is 5.73. The smallest absolute Gasteiger partial charge is 0.269 e. The number of amides is 1. The van der Waals surface area contributed by atoms with Crippen molar-refractivity contribution in [3.8, 4) is 22.8 Å². The summed E-state index contributed by atoms with van der Waals surface area (Å²) in [7, 11) is 3.14. The zero-order valence-electron chi connectivity index (χ0n) is 15.9. The first-order chi connectivity index (χ1) is 13.5. The molecule has 0 saturated carbocycles. The molecule has 2 aromatic heterocycles. The second kappa shape index (κ2) is 8.38. The number of hydrogen-bond donors (Lipinski definition) is 2. The summed E-state index contributed by atoms with van der Waals surface area (Å²) in [4.78, 5) is 28.3. The predicted molar refractivity (Wildman–Crippen MR) is 103 cm³/mol. The molecule has 28 heavy (non-hydrogen) atoms. The number of carbonyl (C=O) groups is 1. The normalized spacial score (nSPS) is 10.5. The first kappa shape index (κ1) is 19.2. The highest BCUT2D eigenvalue weighted by atomic mass is 16.5. The second-order valence-corrected chi connectivity index (χ2v) is 6.06. The highest BCUT2D eigenvalue weighted by Crippen LogP contribution is 2.32. The molecule has 1 aromatic carbocycles. The van der Waals surface area contributed by atoms with Gasteiger partial charge < -0.3 is 14.8 Å². The molecular formula is C19H21N5O4. The molecule has 0 unspecified atom stereocenters. The molecule has 9 nitrogen and oxygen atoms in total. The SMILES string of the molecule is COc1ccc(OC)c(-c2cc(C(=O)NCCn3cncc(C)c3=O)[nH]n2)c1. The molecule has 0 atom stereocenters. The molecule has 0 aliphatic rings. The summed E-state index contributed by atoms with van der Waals surface area (Å²) in [5, 5.41) is 9.68. The Bertz CT molecular complexity index is 1040. The van der Waals surface area contributed by atoms with Gasteiger partial charge in [0, 0.05) is 30.4 Å². The fraction of sp³-hybridized carbons (Fsp3) is 0.263. The third-order valence-electron chi connectivity index (χ3n) is 4.22. The fourth-order valence-electron chi connectivity index (χ4n) is 2.69. The number of rotatable bonds is 7. The molecule has 0 saturated heterocycles. The van der Waals surface area contributed by atoms with E-state index in [9.17, 15) is 9.59 Å². The van der Waals surface area contributed by atoms with E-state index in [0.717, 1.165) is 0 Å². The summed E-state index contributed by atoms with van der Waals surface area (Å²) in [6.45, 7) is 2.30. The minimum absolute atomic E-state index is 0.127. The Hall–Kier alpha value is -3.62. The molecule has 2 heterocycles. The quantitative estimate of drug-likeness (QED) is 0.638. The van der Waals surface area contributed by atoms with Gasteiger partial charge >= 0.3 is 0 Å². The molecule has 3 aromatic rings. The molecule has 0 spiro atoms. The van der Waals surface area contributed by atoms with Crippen LogP contribution in [0.2, 0.25) is 0 Å². The number of methoxy groups -OCH3 is 2. The number of ether oxygens (including phenoxy) is 2. The van der Waals surface area contributed by atoms with E-state index < -0.39 is 0 Å². The van der Waals surface area contributed by atoms with Crippen LogP contribution in [0.3, 0.4) is 0 Å². The van der Waals surface area contributed by atoms with Gasteiger partial charge in [0.05, 0.1) is 26.2 Å². The molecule has 0 aliphatic heterocycles. The minimum Gasteiger partial charge on any atom is -0.497 e. The Morgan fingerprint density at radius 2 is 2.07 bits per heavy atom. The van der Waals surface area contributed by atoms with Crippen molar-refractivity contribution < 1.29 is 14.3 Å². The highest BCUT2D eigenvalue weighted by Gasteiger charge is 2.15. The maximum atomic E-state index is 12.4. The summed E-state index contributed by atoms with van der Waals surface area (Å²) < 4.78 is 12.0. The van der Waals surface area contributed by atoms with E-state index in [1.165, 1.54) is 17.1 Å². The van der Waals surface area contributed by atoms with Crippen molar-refractivity contribution in [3.05, 3.63) is 58.4 Å². The molecule has 1 amide bonds. The maximum absolute atomic E-state index is 12.4. The highest BCUT2D eigenvalue weighted by molar-refractivity contribution is 5.93. The first-order valence-electron chi connectivity index (χ1n) is 8.60. The standard InChI is InChI=1S/C19H21N5O4/c1-12-10-20-11-24(19(12)26)7-6-21-18(25)16-9-15(22-23-16)14-8-13(27-2)4-5-17(14)28-3/h4-5,8-11H,6-7H2,1-3H3,(H,21,25)(H,22,23). The average Bonchev–Trinajstić information content (AvgIpc) is 3.20. The Labute approximate surface area is 161 Å². The van der Waals surface area contributed by atoms with E-state index in [1.807, 2.05) is 0 Å². The summed E-state index contributed by atoms with van der Waals surface area (Å²) in [6, 6.07) is 6.97. The third kappa shape index (κ3) is 4.03. The number of aromatic amines is 1. The summed E-state index contributed by atoms with van der Waals surface area (Å²) in [6.07, 6.45) is 2.96. The van der Waals surface area contributed by atoms with E-state index in [2.05, 4.69) is 20.5 Å². The number of nitrogens with one attached hydrogen (secondary N) is 2. The number of carbonyl (C=O) groups excluding carboxylic acids is 1. The van der Waals surface area contributed by atoms with E-state index >= 15 is 0 Å². The Morgan fingerprint density at radius 3 is 2.82 bits per heavy atom. The van der Waals surface area contributed by atoms with Crippen LogP contribution in [-0.4, -0.2) is 46.4 Å². The zero-order valence-corrected chi connectivity index (χ0v) is 15.9. The van der Waals surface area contributed by atoms with Crippen LogP contribution in [0.25, 0.3) is 11.3 Å². The van der Waals surface area contributed by atoms with E-state index in [1.54, 1.807) is 45.4 Å². The molecule has 3 rings (SSSR count). The predicted octanol–water partition coefficient (Wildman–Crippen LogP) is 1.39. The molecule has 0 bridgehead atoms. The Balaban J connectivity index is 1.69. The summed E-state index contributed by atoms with van der Waals surface area (Å²) >= 11 is 0. The van der Waals surface area contributed by atoms with Crippen molar-refractivity contribution in [2.45, 2.75) is 13.5 Å². The van der Waals surface area contributed by atoms with Gasteiger partial charge in [-0.2, -0.15) is 5.10 Å². The minimum atomic E-state index is -0.325. The lowest BCUT2D eigenvalue weighted by Crippen LogP contribution is -2.31. The number of nitrogens with zero attached hydrogens (tertiary/aromatic N) is 3. The van der Waals surface area contributed by atoms with Crippen molar-refractivity contribution in [1.29, 1.82) is 0 Å². The van der Waals surface area contributed by atoms with Crippen LogP contribution in [-0.2, 0) is 6.54 Å². The fourth-order valence-corrected chi connectivity index (χ4v) is 2.69. The average molecular weight is 383 g/mol. The Morgan fingerprint density at radius 1 is 1.25 bits per heavy atom. The van der Waals surface area contributed by atoms with Gasteiger partial charge in [0.25, 0.3) is 11.5 Å². The van der Waals surface area contributed by atoms with Gasteiger partial charge in [-0.3, -0.25) is 19.3 Å². The van der Waals surface area contributed by atoms with E-state index in [0.29, 0.717) is 40.6 Å². The number of H-pyrrole nitrogens is 1. The van der Waals surface area contributed by atoms with Gasteiger partial charge in [0.1, 0.15) is 17.2 Å². The largest absolute Gasteiger partial charge is 0.497 e. The molecule has 2 N–H and O–H groups in total. The van der Waals surface area contributed by atoms with Crippen LogP contribution in [0.4, 0.5) is 0 Å². The van der Waals surface area contributed by atoms with Gasteiger partial charge in [-0.15, -0.1) is 0 Å². The van der Waals surface area contributed by atoms with Gasteiger partial charge in [-0.05, 0) is 31.2 Å². The maximum Gasteiger partial charge on any atom is 0.269 e. The third-order valence-corrected chi connectivity index (χ3v) is 4.22. The molecule has 146 valence electrons. The van der Waals surface area contributed by atoms with Crippen molar-refractivity contribution >= 4 is 5.91 Å². The van der Waals surface area contributed by atoms with Crippen LogP contribution in [0.15, 0.2) is 41.6 Å². The van der Waals surface area contributed by atoms with Crippen molar-refractivity contribution in [2.75, 3.05) is 20.8 Å². The van der Waals surface area contributed by atoms with Gasteiger partial charge in [-0.25, -0.2) is 4.98 Å². The second-order valence-electron chi connectivity index (χ2n) is 6.06. The van der Waals surface area contributed by atoms with E-state index in [4.69, 9.17) is 9.47 Å². The van der Waals surface area contributed by atoms with Crippen LogP contribution in [0.1, 0.15) is 16.1 Å². The van der Waals surface area contributed by atoms with Crippen LogP contribution in [0.5, 0.6) is 11.5 Å². The van der Waals surface area contributed by atoms with Crippen molar-refractivity contribution in [2.24, 2.45) is 0 Å². The van der Waals surface area contributed by atoms with Crippen LogP contribution < -0.4 is 20.3 Å². The molecule has 9 heteroatoms. The number of aryl methyl sites for hydroxylation is 1. The molecule has 0 radical (unpaired) electrons. The van der Waals surface area contributed by atoms with Gasteiger partial charge in [0.15, 0.2) is 0 Å². The molecule has 0 fully saturated rings. The van der Waals surface area contributed by atoms with E-state index in [-0.39, 0.29) is 18.0 Å². The van der Waals surface area contributed by atoms with Gasteiger partial charge in [-0.1, -0.05) is 0 Å². The van der Waals surface area contributed by atoms with Crippen molar-refractivity contribution in [3.63, 3.8) is 0 Å². The first-order valence-corrected chi connectivity index (χ1v) is 8.60. The van der Waals surface area contributed by atoms with Crippen LogP contribution in [0, 0.1) is 6.92 Å². The molecular weight excluding hydrogens is 362 g/mol. The number of aromatic nitrogens is 4. The lowest BCUT2D eigenvalue weighted by atomic mass is 10.1. The van der Waals surface area contributed by atoms with Gasteiger partial charge in [0.2, 0.25) is 0 Å². The summed E-state index contributed by atoms with van der Waals surface area (Å²) in [5.74, 6) is 0.946. The topological polar surface area (TPSA) is 111 Å². The monoisotopic (exact) mass is 383 g/mol. The molecule has 0 aliphatic carbocycles. The summed E-state index contributed by atoms with van der Waals surface area (Å²) in [5.41, 5.74) is 1.99. The van der Waals surface area contributed by atoms with Crippen molar-refractivity contribution in [1.82, 2.24) is 25.1 Å². The number of hydrogen-bond acceptors (Lipinski definition) is 6. The van der Waals surface area contributed by atoms with Crippen LogP contribution >= 0.6 is 0 Å².